The fourth-order valence-corrected chi connectivity index (χ4v) is 2.36. The van der Waals surface area contributed by atoms with Gasteiger partial charge in [0.05, 0.1) is 22.3 Å². The van der Waals surface area contributed by atoms with Crippen molar-refractivity contribution >= 4 is 36.3 Å². The van der Waals surface area contributed by atoms with E-state index >= 15 is 0 Å². The van der Waals surface area contributed by atoms with Crippen molar-refractivity contribution < 1.29 is 39.6 Å². The van der Waals surface area contributed by atoms with E-state index in [0.29, 0.717) is 0 Å². The number of carbonyl (C=O) groups is 4. The zero-order valence-corrected chi connectivity index (χ0v) is 13.1. The highest BCUT2D eigenvalue weighted by molar-refractivity contribution is 6.16. The summed E-state index contributed by atoms with van der Waals surface area (Å²) >= 11 is 0. The molecule has 0 amide bonds. The fraction of sp³-hybridized carbons (Fsp3) is 0. The van der Waals surface area contributed by atoms with Crippen molar-refractivity contribution in [1.29, 1.82) is 0 Å². The fourth-order valence-electron chi connectivity index (χ4n) is 2.36. The van der Waals surface area contributed by atoms with Gasteiger partial charge in [-0.3, -0.25) is 0 Å². The van der Waals surface area contributed by atoms with E-state index in [4.69, 9.17) is 0 Å². The Morgan fingerprint density at radius 1 is 0.640 bits per heavy atom. The summed E-state index contributed by atoms with van der Waals surface area (Å²) < 4.78 is 0. The second-order valence-corrected chi connectivity index (χ2v) is 4.68. The van der Waals surface area contributed by atoms with Gasteiger partial charge < -0.3 is 20.4 Å². The Morgan fingerprint density at radius 2 is 1.12 bits per heavy atom. The molecule has 0 saturated heterocycles. The maximum atomic E-state index is 11.6. The highest BCUT2D eigenvalue weighted by Crippen LogP contribution is 2.32. The second-order valence-electron chi connectivity index (χ2n) is 4.68. The average Bonchev–Trinajstić information content (AvgIpc) is 2.53. The largest absolute Gasteiger partial charge is 0.478 e. The number of carboxylic acids is 4. The van der Waals surface area contributed by atoms with Crippen molar-refractivity contribution in [2.24, 2.45) is 0 Å². The molecular formula is C16H11ClO8. The van der Waals surface area contributed by atoms with Gasteiger partial charge in [-0.05, 0) is 17.2 Å². The van der Waals surface area contributed by atoms with Crippen molar-refractivity contribution in [2.45, 2.75) is 0 Å². The molecule has 8 nitrogen and oxygen atoms in total. The summed E-state index contributed by atoms with van der Waals surface area (Å²) in [6, 6.07) is 8.50. The number of hydrogen-bond donors (Lipinski definition) is 4. The van der Waals surface area contributed by atoms with Crippen molar-refractivity contribution in [3.63, 3.8) is 0 Å². The number of halogens is 1. The van der Waals surface area contributed by atoms with Gasteiger partial charge in [0.25, 0.3) is 0 Å². The molecule has 0 aliphatic heterocycles. The Labute approximate surface area is 146 Å². The lowest BCUT2D eigenvalue weighted by Crippen LogP contribution is -2.20. The summed E-state index contributed by atoms with van der Waals surface area (Å²) in [7, 11) is 0. The molecule has 130 valence electrons. The van der Waals surface area contributed by atoms with Crippen LogP contribution in [-0.4, -0.2) is 44.3 Å². The maximum absolute atomic E-state index is 11.6. The summed E-state index contributed by atoms with van der Waals surface area (Å²) in [5.74, 6) is -7.04. The van der Waals surface area contributed by atoms with Crippen LogP contribution in [0, 0.1) is 0 Å². The van der Waals surface area contributed by atoms with E-state index in [2.05, 4.69) is 0 Å². The van der Waals surface area contributed by atoms with Gasteiger partial charge in [-0.25, -0.2) is 19.2 Å². The SMILES string of the molecule is Cl.O=C(O)c1cc(-c2ccccc2)c(C(=O)O)c(C(=O)O)c1C(=O)O. The van der Waals surface area contributed by atoms with Gasteiger partial charge in [-0.1, -0.05) is 30.3 Å². The van der Waals surface area contributed by atoms with Crippen molar-refractivity contribution in [3.8, 4) is 11.1 Å². The molecule has 2 rings (SSSR count). The van der Waals surface area contributed by atoms with Gasteiger partial charge in [0.2, 0.25) is 0 Å². The average molecular weight is 367 g/mol. The third kappa shape index (κ3) is 3.59. The normalized spacial score (nSPS) is 9.76. The van der Waals surface area contributed by atoms with Crippen LogP contribution < -0.4 is 0 Å². The molecule has 4 N–H and O–H groups in total. The monoisotopic (exact) mass is 366 g/mol. The zero-order valence-electron chi connectivity index (χ0n) is 12.3. The minimum atomic E-state index is -1.84. The molecule has 25 heavy (non-hydrogen) atoms. The van der Waals surface area contributed by atoms with Crippen LogP contribution in [0.4, 0.5) is 0 Å². The quantitative estimate of drug-likeness (QED) is 0.630. The summed E-state index contributed by atoms with van der Waals surface area (Å²) in [6.45, 7) is 0. The molecule has 0 bridgehead atoms. The zero-order chi connectivity index (χ0) is 18.0. The first-order valence-corrected chi connectivity index (χ1v) is 6.45. The molecule has 0 aliphatic carbocycles. The van der Waals surface area contributed by atoms with Gasteiger partial charge >= 0.3 is 23.9 Å². The van der Waals surface area contributed by atoms with Gasteiger partial charge in [0.1, 0.15) is 0 Å². The topological polar surface area (TPSA) is 149 Å². The van der Waals surface area contributed by atoms with Crippen molar-refractivity contribution in [2.75, 3.05) is 0 Å². The van der Waals surface area contributed by atoms with E-state index in [1.807, 2.05) is 0 Å². The molecule has 0 saturated carbocycles. The molecule has 0 aromatic heterocycles. The minimum Gasteiger partial charge on any atom is -0.478 e. The number of hydrogen-bond acceptors (Lipinski definition) is 4. The number of benzene rings is 2. The lowest BCUT2D eigenvalue weighted by Gasteiger charge is -2.14. The molecular weight excluding hydrogens is 356 g/mol. The van der Waals surface area contributed by atoms with Gasteiger partial charge in [0.15, 0.2) is 0 Å². The van der Waals surface area contributed by atoms with Crippen LogP contribution in [-0.2, 0) is 0 Å². The van der Waals surface area contributed by atoms with Crippen molar-refractivity contribution in [3.05, 3.63) is 58.7 Å². The molecule has 0 atom stereocenters. The number of rotatable bonds is 5. The Morgan fingerprint density at radius 3 is 1.52 bits per heavy atom. The van der Waals surface area contributed by atoms with Gasteiger partial charge in [-0.2, -0.15) is 0 Å². The lowest BCUT2D eigenvalue weighted by atomic mass is 9.88. The maximum Gasteiger partial charge on any atom is 0.337 e. The van der Waals surface area contributed by atoms with Crippen molar-refractivity contribution in [1.82, 2.24) is 0 Å². The molecule has 0 fully saturated rings. The highest BCUT2D eigenvalue weighted by Gasteiger charge is 2.32. The van der Waals surface area contributed by atoms with E-state index in [-0.39, 0.29) is 23.5 Å². The van der Waals surface area contributed by atoms with Gasteiger partial charge in [0, 0.05) is 0 Å². The molecule has 2 aromatic carbocycles. The third-order valence-electron chi connectivity index (χ3n) is 3.28. The van der Waals surface area contributed by atoms with Gasteiger partial charge in [-0.15, -0.1) is 12.4 Å². The smallest absolute Gasteiger partial charge is 0.337 e. The Balaban J connectivity index is 0.00000312. The molecule has 0 spiro atoms. The summed E-state index contributed by atoms with van der Waals surface area (Å²) in [6.07, 6.45) is 0. The first-order valence-electron chi connectivity index (χ1n) is 6.45. The summed E-state index contributed by atoms with van der Waals surface area (Å²) in [5.41, 5.74) is -3.68. The Hall–Kier alpha value is -3.39. The second kappa shape index (κ2) is 7.45. The summed E-state index contributed by atoms with van der Waals surface area (Å²) in [5, 5.41) is 37.1. The minimum absolute atomic E-state index is 0. The van der Waals surface area contributed by atoms with Crippen LogP contribution in [0.3, 0.4) is 0 Å². The summed E-state index contributed by atoms with van der Waals surface area (Å²) in [4.78, 5) is 45.8. The van der Waals surface area contributed by atoms with Crippen LogP contribution in [0.15, 0.2) is 36.4 Å². The van der Waals surface area contributed by atoms with E-state index < -0.39 is 46.1 Å². The molecule has 0 radical (unpaired) electrons. The van der Waals surface area contributed by atoms with E-state index in [1.165, 1.54) is 12.1 Å². The first-order chi connectivity index (χ1) is 11.3. The standard InChI is InChI=1S/C16H10O8.ClH/c17-13(18)9-6-8(7-4-2-1-3-5-7)10(14(19)20)12(16(23)24)11(9)15(21)22;/h1-6H,(H,17,18)(H,19,20)(H,21,22)(H,23,24);1H. The molecule has 0 aliphatic rings. The van der Waals surface area contributed by atoms with Crippen LogP contribution in [0.2, 0.25) is 0 Å². The molecule has 0 heterocycles. The lowest BCUT2D eigenvalue weighted by molar-refractivity contribution is 0.0620. The highest BCUT2D eigenvalue weighted by atomic mass is 35.5. The number of aromatic carboxylic acids is 4. The molecule has 9 heteroatoms. The predicted molar refractivity (Wildman–Crippen MR) is 87.0 cm³/mol. The van der Waals surface area contributed by atoms with Crippen LogP contribution >= 0.6 is 12.4 Å². The van der Waals surface area contributed by atoms with Crippen LogP contribution in [0.1, 0.15) is 41.4 Å². The van der Waals surface area contributed by atoms with E-state index in [9.17, 15) is 39.6 Å². The van der Waals surface area contributed by atoms with Crippen LogP contribution in [0.25, 0.3) is 11.1 Å². The molecule has 2 aromatic rings. The molecule has 0 unspecified atom stereocenters. The number of carboxylic acid groups (broad SMARTS) is 4. The Bertz CT molecular complexity index is 873. The Kier molecular flexibility index (Phi) is 5.86. The predicted octanol–water partition coefficient (Wildman–Crippen LogP) is 2.57. The first kappa shape index (κ1) is 19.7. The van der Waals surface area contributed by atoms with E-state index in [1.54, 1.807) is 18.2 Å². The third-order valence-corrected chi connectivity index (χ3v) is 3.28. The van der Waals surface area contributed by atoms with E-state index in [0.717, 1.165) is 6.07 Å². The van der Waals surface area contributed by atoms with Crippen LogP contribution in [0.5, 0.6) is 0 Å².